The SMILES string of the molecule is CCNC(=NCCn1ccnc1C)N1CCC(C)(CC)C1.I. The van der Waals surface area contributed by atoms with Crippen LogP contribution < -0.4 is 5.32 Å². The first-order valence-corrected chi connectivity index (χ1v) is 8.09. The Labute approximate surface area is 151 Å². The predicted molar refractivity (Wildman–Crippen MR) is 103 cm³/mol. The molecule has 0 amide bonds. The number of halogens is 1. The number of nitrogens with zero attached hydrogens (tertiary/aromatic N) is 4. The third-order valence-corrected chi connectivity index (χ3v) is 4.57. The summed E-state index contributed by atoms with van der Waals surface area (Å²) in [4.78, 5) is 11.5. The number of aromatic nitrogens is 2. The summed E-state index contributed by atoms with van der Waals surface area (Å²) in [6.07, 6.45) is 6.35. The van der Waals surface area contributed by atoms with Crippen molar-refractivity contribution in [1.29, 1.82) is 0 Å². The Hall–Kier alpha value is -0.790. The molecule has 5 nitrogen and oxygen atoms in total. The molecule has 0 aliphatic carbocycles. The van der Waals surface area contributed by atoms with Crippen LogP contribution in [0, 0.1) is 12.3 Å². The number of aliphatic imine (C=N–C) groups is 1. The van der Waals surface area contributed by atoms with Gasteiger partial charge < -0.3 is 14.8 Å². The molecular formula is C16H30IN5. The lowest BCUT2D eigenvalue weighted by Gasteiger charge is -2.25. The summed E-state index contributed by atoms with van der Waals surface area (Å²) >= 11 is 0. The van der Waals surface area contributed by atoms with Gasteiger partial charge in [-0.1, -0.05) is 13.8 Å². The molecule has 0 radical (unpaired) electrons. The fraction of sp³-hybridized carbons (Fsp3) is 0.750. The van der Waals surface area contributed by atoms with E-state index in [0.29, 0.717) is 5.41 Å². The molecule has 1 aliphatic rings. The van der Waals surface area contributed by atoms with Crippen LogP contribution in [0.1, 0.15) is 39.4 Å². The zero-order chi connectivity index (χ0) is 15.3. The van der Waals surface area contributed by atoms with Crippen LogP contribution in [0.4, 0.5) is 0 Å². The third kappa shape index (κ3) is 4.86. The molecule has 22 heavy (non-hydrogen) atoms. The van der Waals surface area contributed by atoms with Crippen LogP contribution in [-0.4, -0.2) is 46.6 Å². The second-order valence-electron chi connectivity index (χ2n) is 6.24. The van der Waals surface area contributed by atoms with Crippen LogP contribution in [0.5, 0.6) is 0 Å². The summed E-state index contributed by atoms with van der Waals surface area (Å²) in [5.41, 5.74) is 0.442. The summed E-state index contributed by atoms with van der Waals surface area (Å²) in [5.74, 6) is 2.11. The minimum Gasteiger partial charge on any atom is -0.357 e. The minimum absolute atomic E-state index is 0. The van der Waals surface area contributed by atoms with Crippen LogP contribution in [-0.2, 0) is 6.54 Å². The van der Waals surface area contributed by atoms with Gasteiger partial charge >= 0.3 is 0 Å². The van der Waals surface area contributed by atoms with Crippen molar-refractivity contribution >= 4 is 29.9 Å². The van der Waals surface area contributed by atoms with Gasteiger partial charge in [0.2, 0.25) is 0 Å². The molecule has 1 aromatic rings. The van der Waals surface area contributed by atoms with Gasteiger partial charge in [0, 0.05) is 38.6 Å². The van der Waals surface area contributed by atoms with E-state index in [2.05, 4.69) is 40.5 Å². The zero-order valence-electron chi connectivity index (χ0n) is 14.3. The first kappa shape index (κ1) is 19.3. The Bertz CT molecular complexity index is 485. The standard InChI is InChI=1S/C16H29N5.HI/c1-5-16(4)7-10-21(13-16)15(17-6-2)19-9-12-20-11-8-18-14(20)3;/h8,11H,5-7,9-10,12-13H2,1-4H3,(H,17,19);1H. The second-order valence-corrected chi connectivity index (χ2v) is 6.24. The van der Waals surface area contributed by atoms with E-state index >= 15 is 0 Å². The predicted octanol–water partition coefficient (Wildman–Crippen LogP) is 2.90. The van der Waals surface area contributed by atoms with Crippen molar-refractivity contribution in [3.05, 3.63) is 18.2 Å². The number of hydrogen-bond acceptors (Lipinski definition) is 2. The van der Waals surface area contributed by atoms with Gasteiger partial charge in [0.1, 0.15) is 5.82 Å². The van der Waals surface area contributed by atoms with E-state index < -0.39 is 0 Å². The summed E-state index contributed by atoms with van der Waals surface area (Å²) in [7, 11) is 0. The Kier molecular flexibility index (Phi) is 7.65. The molecule has 1 fully saturated rings. The van der Waals surface area contributed by atoms with E-state index in [9.17, 15) is 0 Å². The van der Waals surface area contributed by atoms with Crippen molar-refractivity contribution < 1.29 is 0 Å². The monoisotopic (exact) mass is 419 g/mol. The molecule has 1 aliphatic heterocycles. The molecule has 2 heterocycles. The maximum atomic E-state index is 4.79. The van der Waals surface area contributed by atoms with Crippen molar-refractivity contribution in [2.45, 2.75) is 47.1 Å². The second kappa shape index (κ2) is 8.74. The average molecular weight is 419 g/mol. The van der Waals surface area contributed by atoms with E-state index in [0.717, 1.165) is 44.5 Å². The maximum absolute atomic E-state index is 4.79. The zero-order valence-corrected chi connectivity index (χ0v) is 16.6. The fourth-order valence-corrected chi connectivity index (χ4v) is 2.82. The van der Waals surface area contributed by atoms with Gasteiger partial charge in [-0.3, -0.25) is 4.99 Å². The number of hydrogen-bond donors (Lipinski definition) is 1. The molecular weight excluding hydrogens is 389 g/mol. The Morgan fingerprint density at radius 1 is 1.45 bits per heavy atom. The van der Waals surface area contributed by atoms with Crippen LogP contribution >= 0.6 is 24.0 Å². The number of aryl methyl sites for hydroxylation is 1. The smallest absolute Gasteiger partial charge is 0.193 e. The Morgan fingerprint density at radius 3 is 2.77 bits per heavy atom. The number of rotatable bonds is 5. The van der Waals surface area contributed by atoms with E-state index in [1.54, 1.807) is 0 Å². The van der Waals surface area contributed by atoms with Gasteiger partial charge in [0.25, 0.3) is 0 Å². The third-order valence-electron chi connectivity index (χ3n) is 4.57. The van der Waals surface area contributed by atoms with Crippen molar-refractivity contribution in [2.75, 3.05) is 26.2 Å². The van der Waals surface area contributed by atoms with Crippen LogP contribution in [0.2, 0.25) is 0 Å². The first-order chi connectivity index (χ1) is 10.1. The maximum Gasteiger partial charge on any atom is 0.193 e. The molecule has 1 N–H and O–H groups in total. The van der Waals surface area contributed by atoms with Crippen molar-refractivity contribution in [2.24, 2.45) is 10.4 Å². The van der Waals surface area contributed by atoms with E-state index in [-0.39, 0.29) is 24.0 Å². The number of likely N-dealkylation sites (tertiary alicyclic amines) is 1. The van der Waals surface area contributed by atoms with E-state index in [1.165, 1.54) is 12.8 Å². The van der Waals surface area contributed by atoms with Gasteiger partial charge in [0.05, 0.1) is 6.54 Å². The lowest BCUT2D eigenvalue weighted by atomic mass is 9.87. The topological polar surface area (TPSA) is 45.5 Å². The van der Waals surface area contributed by atoms with E-state index in [1.807, 2.05) is 19.3 Å². The van der Waals surface area contributed by atoms with Gasteiger partial charge in [-0.05, 0) is 32.1 Å². The Balaban J connectivity index is 0.00000242. The van der Waals surface area contributed by atoms with Crippen molar-refractivity contribution in [3.63, 3.8) is 0 Å². The molecule has 1 saturated heterocycles. The number of nitrogens with one attached hydrogen (secondary N) is 1. The molecule has 0 aromatic carbocycles. The van der Waals surface area contributed by atoms with Gasteiger partial charge in [-0.2, -0.15) is 0 Å². The average Bonchev–Trinajstić information content (AvgIpc) is 3.05. The Morgan fingerprint density at radius 2 is 2.23 bits per heavy atom. The van der Waals surface area contributed by atoms with Gasteiger partial charge in [-0.25, -0.2) is 4.98 Å². The molecule has 0 spiro atoms. The van der Waals surface area contributed by atoms with Crippen molar-refractivity contribution in [1.82, 2.24) is 19.8 Å². The number of guanidine groups is 1. The summed E-state index contributed by atoms with van der Waals surface area (Å²) < 4.78 is 2.15. The molecule has 126 valence electrons. The molecule has 0 saturated carbocycles. The lowest BCUT2D eigenvalue weighted by molar-refractivity contribution is 0.322. The van der Waals surface area contributed by atoms with Crippen LogP contribution in [0.15, 0.2) is 17.4 Å². The highest BCUT2D eigenvalue weighted by molar-refractivity contribution is 14.0. The largest absolute Gasteiger partial charge is 0.357 e. The molecule has 6 heteroatoms. The molecule has 1 atom stereocenters. The fourth-order valence-electron chi connectivity index (χ4n) is 2.82. The highest BCUT2D eigenvalue weighted by Gasteiger charge is 2.33. The summed E-state index contributed by atoms with van der Waals surface area (Å²) in [5, 5.41) is 3.43. The van der Waals surface area contributed by atoms with Crippen molar-refractivity contribution in [3.8, 4) is 0 Å². The molecule has 1 aromatic heterocycles. The molecule has 1 unspecified atom stereocenters. The minimum atomic E-state index is 0. The highest BCUT2D eigenvalue weighted by Crippen LogP contribution is 2.32. The van der Waals surface area contributed by atoms with E-state index in [4.69, 9.17) is 4.99 Å². The van der Waals surface area contributed by atoms with Gasteiger partial charge in [0.15, 0.2) is 5.96 Å². The normalized spacial score (nSPS) is 21.8. The van der Waals surface area contributed by atoms with Gasteiger partial charge in [-0.15, -0.1) is 24.0 Å². The van der Waals surface area contributed by atoms with Crippen LogP contribution in [0.3, 0.4) is 0 Å². The quantitative estimate of drug-likeness (QED) is 0.454. The van der Waals surface area contributed by atoms with Crippen LogP contribution in [0.25, 0.3) is 0 Å². The summed E-state index contributed by atoms with van der Waals surface area (Å²) in [6, 6.07) is 0. The summed E-state index contributed by atoms with van der Waals surface area (Å²) in [6.45, 7) is 13.6. The molecule has 0 bridgehead atoms. The highest BCUT2D eigenvalue weighted by atomic mass is 127. The first-order valence-electron chi connectivity index (χ1n) is 8.09. The lowest BCUT2D eigenvalue weighted by Crippen LogP contribution is -2.41. The molecule has 2 rings (SSSR count). The number of imidazole rings is 1.